The van der Waals surface area contributed by atoms with E-state index in [9.17, 15) is 4.79 Å². The lowest BCUT2D eigenvalue weighted by Crippen LogP contribution is -2.43. The second-order valence-corrected chi connectivity index (χ2v) is 6.12. The number of nitrogens with one attached hydrogen (secondary N) is 2. The van der Waals surface area contributed by atoms with Gasteiger partial charge in [-0.15, -0.1) is 0 Å². The SMILES string of the molecule is O=C(CC1CCCNC1)NC1CCN2CCCC12. The minimum absolute atomic E-state index is 0.280. The molecule has 0 aromatic heterocycles. The van der Waals surface area contributed by atoms with Crippen LogP contribution in [0.4, 0.5) is 0 Å². The molecule has 0 radical (unpaired) electrons. The fourth-order valence-electron chi connectivity index (χ4n) is 3.88. The lowest BCUT2D eigenvalue weighted by Gasteiger charge is -2.25. The average Bonchev–Trinajstić information content (AvgIpc) is 2.95. The van der Waals surface area contributed by atoms with Crippen LogP contribution in [0.1, 0.15) is 38.5 Å². The molecule has 3 atom stereocenters. The molecular formula is C14H25N3O. The smallest absolute Gasteiger partial charge is 0.220 e. The molecule has 2 N–H and O–H groups in total. The van der Waals surface area contributed by atoms with Crippen LogP contribution in [0.2, 0.25) is 0 Å². The van der Waals surface area contributed by atoms with Crippen molar-refractivity contribution >= 4 is 5.91 Å². The Labute approximate surface area is 109 Å². The average molecular weight is 251 g/mol. The predicted octanol–water partition coefficient (Wildman–Crippen LogP) is 0.729. The van der Waals surface area contributed by atoms with E-state index in [-0.39, 0.29) is 5.91 Å². The van der Waals surface area contributed by atoms with E-state index in [0.29, 0.717) is 18.0 Å². The predicted molar refractivity (Wildman–Crippen MR) is 71.4 cm³/mol. The number of carbonyl (C=O) groups is 1. The Hall–Kier alpha value is -0.610. The van der Waals surface area contributed by atoms with Gasteiger partial charge in [0, 0.05) is 25.0 Å². The molecule has 3 aliphatic heterocycles. The van der Waals surface area contributed by atoms with E-state index < -0.39 is 0 Å². The number of carbonyl (C=O) groups excluding carboxylic acids is 1. The number of fused-ring (bicyclic) bond motifs is 1. The van der Waals surface area contributed by atoms with Crippen molar-refractivity contribution in [3.05, 3.63) is 0 Å². The third-order valence-corrected chi connectivity index (χ3v) is 4.83. The van der Waals surface area contributed by atoms with Gasteiger partial charge in [-0.2, -0.15) is 0 Å². The molecule has 0 aliphatic carbocycles. The fraction of sp³-hybridized carbons (Fsp3) is 0.929. The largest absolute Gasteiger partial charge is 0.352 e. The summed E-state index contributed by atoms with van der Waals surface area (Å²) in [5.41, 5.74) is 0. The van der Waals surface area contributed by atoms with Crippen LogP contribution in [-0.2, 0) is 4.79 Å². The van der Waals surface area contributed by atoms with Gasteiger partial charge in [0.1, 0.15) is 0 Å². The van der Waals surface area contributed by atoms with Gasteiger partial charge < -0.3 is 10.6 Å². The van der Waals surface area contributed by atoms with Crippen molar-refractivity contribution in [2.24, 2.45) is 5.92 Å². The van der Waals surface area contributed by atoms with Crippen LogP contribution in [0, 0.1) is 5.92 Å². The van der Waals surface area contributed by atoms with Gasteiger partial charge >= 0.3 is 0 Å². The van der Waals surface area contributed by atoms with Gasteiger partial charge in [-0.1, -0.05) is 0 Å². The molecule has 18 heavy (non-hydrogen) atoms. The highest BCUT2D eigenvalue weighted by Gasteiger charge is 2.37. The zero-order valence-electron chi connectivity index (χ0n) is 11.2. The van der Waals surface area contributed by atoms with Gasteiger partial charge in [-0.05, 0) is 57.7 Å². The third-order valence-electron chi connectivity index (χ3n) is 4.83. The molecule has 0 aromatic rings. The van der Waals surface area contributed by atoms with Gasteiger partial charge in [-0.25, -0.2) is 0 Å². The van der Waals surface area contributed by atoms with Crippen LogP contribution < -0.4 is 10.6 Å². The maximum Gasteiger partial charge on any atom is 0.220 e. The van der Waals surface area contributed by atoms with Crippen molar-refractivity contribution in [1.29, 1.82) is 0 Å². The Balaban J connectivity index is 1.45. The summed E-state index contributed by atoms with van der Waals surface area (Å²) in [6, 6.07) is 1.06. The first-order valence-corrected chi connectivity index (χ1v) is 7.57. The summed E-state index contributed by atoms with van der Waals surface area (Å²) in [4.78, 5) is 14.6. The highest BCUT2D eigenvalue weighted by Crippen LogP contribution is 2.28. The van der Waals surface area contributed by atoms with Crippen LogP contribution in [-0.4, -0.2) is 49.1 Å². The van der Waals surface area contributed by atoms with Crippen molar-refractivity contribution in [3.63, 3.8) is 0 Å². The Bertz CT molecular complexity index is 301. The number of piperidine rings is 1. The summed E-state index contributed by atoms with van der Waals surface area (Å²) < 4.78 is 0. The second kappa shape index (κ2) is 5.57. The van der Waals surface area contributed by atoms with Gasteiger partial charge in [0.2, 0.25) is 5.91 Å². The minimum atomic E-state index is 0.280. The van der Waals surface area contributed by atoms with E-state index >= 15 is 0 Å². The molecule has 1 amide bonds. The Kier molecular flexibility index (Phi) is 3.85. The highest BCUT2D eigenvalue weighted by molar-refractivity contribution is 5.76. The second-order valence-electron chi connectivity index (χ2n) is 6.12. The quantitative estimate of drug-likeness (QED) is 0.777. The third kappa shape index (κ3) is 2.69. The maximum absolute atomic E-state index is 12.1. The summed E-state index contributed by atoms with van der Waals surface area (Å²) in [7, 11) is 0. The molecule has 3 fully saturated rings. The monoisotopic (exact) mass is 251 g/mol. The normalized spacial score (nSPS) is 36.6. The molecule has 3 unspecified atom stereocenters. The molecule has 4 heteroatoms. The van der Waals surface area contributed by atoms with E-state index in [4.69, 9.17) is 0 Å². The van der Waals surface area contributed by atoms with Crippen LogP contribution >= 0.6 is 0 Å². The summed E-state index contributed by atoms with van der Waals surface area (Å²) in [6.45, 7) is 4.57. The summed E-state index contributed by atoms with van der Waals surface area (Å²) in [5.74, 6) is 0.835. The van der Waals surface area contributed by atoms with Crippen LogP contribution in [0.5, 0.6) is 0 Å². The molecule has 0 spiro atoms. The number of hydrogen-bond acceptors (Lipinski definition) is 3. The topological polar surface area (TPSA) is 44.4 Å². The lowest BCUT2D eigenvalue weighted by molar-refractivity contribution is -0.123. The molecule has 4 nitrogen and oxygen atoms in total. The Morgan fingerprint density at radius 3 is 3.00 bits per heavy atom. The molecule has 3 heterocycles. The van der Waals surface area contributed by atoms with Gasteiger partial charge in [0.05, 0.1) is 0 Å². The van der Waals surface area contributed by atoms with Crippen molar-refractivity contribution in [2.45, 2.75) is 50.6 Å². The van der Waals surface area contributed by atoms with Gasteiger partial charge in [0.15, 0.2) is 0 Å². The van der Waals surface area contributed by atoms with Crippen molar-refractivity contribution in [2.75, 3.05) is 26.2 Å². The van der Waals surface area contributed by atoms with Gasteiger partial charge in [-0.3, -0.25) is 9.69 Å². The van der Waals surface area contributed by atoms with Crippen molar-refractivity contribution < 1.29 is 4.79 Å². The Morgan fingerprint density at radius 2 is 2.17 bits per heavy atom. The van der Waals surface area contributed by atoms with Crippen LogP contribution in [0.25, 0.3) is 0 Å². The zero-order chi connectivity index (χ0) is 12.4. The Morgan fingerprint density at radius 1 is 1.22 bits per heavy atom. The molecular weight excluding hydrogens is 226 g/mol. The van der Waals surface area contributed by atoms with E-state index in [1.165, 1.54) is 38.8 Å². The highest BCUT2D eigenvalue weighted by atomic mass is 16.1. The standard InChI is InChI=1S/C14H25N3O/c18-14(9-11-3-1-6-15-10-11)16-12-5-8-17-7-2-4-13(12)17/h11-13,15H,1-10H2,(H,16,18). The van der Waals surface area contributed by atoms with Crippen LogP contribution in [0.3, 0.4) is 0 Å². The minimum Gasteiger partial charge on any atom is -0.352 e. The molecule has 3 saturated heterocycles. The molecule has 3 rings (SSSR count). The number of rotatable bonds is 3. The number of nitrogens with zero attached hydrogens (tertiary/aromatic N) is 1. The summed E-state index contributed by atoms with van der Waals surface area (Å²) >= 11 is 0. The molecule has 0 saturated carbocycles. The number of amides is 1. The van der Waals surface area contributed by atoms with E-state index in [1.807, 2.05) is 0 Å². The molecule has 0 bridgehead atoms. The van der Waals surface area contributed by atoms with E-state index in [0.717, 1.165) is 25.9 Å². The first-order chi connectivity index (χ1) is 8.83. The maximum atomic E-state index is 12.1. The molecule has 102 valence electrons. The van der Waals surface area contributed by atoms with E-state index in [2.05, 4.69) is 15.5 Å². The lowest BCUT2D eigenvalue weighted by atomic mass is 9.95. The fourth-order valence-corrected chi connectivity index (χ4v) is 3.88. The van der Waals surface area contributed by atoms with Crippen molar-refractivity contribution in [1.82, 2.24) is 15.5 Å². The first-order valence-electron chi connectivity index (χ1n) is 7.57. The zero-order valence-corrected chi connectivity index (χ0v) is 11.2. The first kappa shape index (κ1) is 12.4. The van der Waals surface area contributed by atoms with E-state index in [1.54, 1.807) is 0 Å². The summed E-state index contributed by atoms with van der Waals surface area (Å²) in [5, 5.41) is 6.67. The molecule has 0 aromatic carbocycles. The summed E-state index contributed by atoms with van der Waals surface area (Å²) in [6.07, 6.45) is 6.88. The van der Waals surface area contributed by atoms with Gasteiger partial charge in [0.25, 0.3) is 0 Å². The van der Waals surface area contributed by atoms with Crippen LogP contribution in [0.15, 0.2) is 0 Å². The van der Waals surface area contributed by atoms with Crippen molar-refractivity contribution in [3.8, 4) is 0 Å². The number of hydrogen-bond donors (Lipinski definition) is 2. The molecule has 3 aliphatic rings.